The number of hydrogen-bond donors (Lipinski definition) is 2. The highest BCUT2D eigenvalue weighted by Gasteiger charge is 2.50. The van der Waals surface area contributed by atoms with Crippen molar-refractivity contribution in [2.75, 3.05) is 19.6 Å². The first kappa shape index (κ1) is 28.8. The Hall–Kier alpha value is -3.17. The molecule has 39 heavy (non-hydrogen) atoms. The number of fused-ring (bicyclic) bond motifs is 1. The molecule has 214 valence electrons. The monoisotopic (exact) mass is 579 g/mol. The summed E-state index contributed by atoms with van der Waals surface area (Å²) in [4.78, 5) is 5.50. The Morgan fingerprint density at radius 1 is 0.641 bits per heavy atom. The average Bonchev–Trinajstić information content (AvgIpc) is 3.25. The van der Waals surface area contributed by atoms with Crippen LogP contribution in [0.1, 0.15) is 39.8 Å². The Morgan fingerprint density at radius 2 is 1.00 bits per heavy atom. The van der Waals surface area contributed by atoms with Crippen molar-refractivity contribution < 1.29 is 57.8 Å². The Bertz CT molecular complexity index is 1140. The fourth-order valence-electron chi connectivity index (χ4n) is 4.54. The van der Waals surface area contributed by atoms with Gasteiger partial charge in [-0.3, -0.25) is 4.99 Å². The predicted octanol–water partition coefficient (Wildman–Crippen LogP) is 6.03. The van der Waals surface area contributed by atoms with Gasteiger partial charge in [-0.15, -0.1) is 0 Å². The summed E-state index contributed by atoms with van der Waals surface area (Å²) in [5.74, 6) is 0.0377. The number of guanidine groups is 1. The number of rotatable bonds is 3. The maximum atomic E-state index is 13.6. The van der Waals surface area contributed by atoms with Gasteiger partial charge in [0.1, 0.15) is 5.60 Å². The number of nitrogens with one attached hydrogen (secondary N) is 1. The van der Waals surface area contributed by atoms with Gasteiger partial charge in [0.2, 0.25) is 0 Å². The third kappa shape index (κ3) is 5.61. The second kappa shape index (κ2) is 9.20. The van der Waals surface area contributed by atoms with E-state index in [1.807, 2.05) is 0 Å². The van der Waals surface area contributed by atoms with Gasteiger partial charge in [0.15, 0.2) is 5.96 Å². The minimum atomic E-state index is -5.41. The summed E-state index contributed by atoms with van der Waals surface area (Å²) in [5, 5.41) is 14.4. The van der Waals surface area contributed by atoms with Gasteiger partial charge < -0.3 is 15.3 Å². The fraction of sp³-hybridized carbons (Fsp3) is 0.435. The third-order valence-corrected chi connectivity index (χ3v) is 6.41. The summed E-state index contributed by atoms with van der Waals surface area (Å²) in [5.41, 5.74) is -13.3. The number of nitrogens with zero attached hydrogens (tertiary/aromatic N) is 2. The number of aliphatic imine (C=N–C) groups is 1. The first-order valence-corrected chi connectivity index (χ1v) is 11.1. The molecule has 1 unspecified atom stereocenters. The van der Waals surface area contributed by atoms with Gasteiger partial charge in [-0.05, 0) is 53.9 Å². The van der Waals surface area contributed by atoms with E-state index in [9.17, 15) is 57.8 Å². The van der Waals surface area contributed by atoms with E-state index in [-0.39, 0.29) is 55.4 Å². The summed E-state index contributed by atoms with van der Waals surface area (Å²) < 4.78 is 163. The lowest BCUT2D eigenvalue weighted by Gasteiger charge is -2.36. The molecular weight excluding hydrogens is 562 g/mol. The second-order valence-corrected chi connectivity index (χ2v) is 9.06. The molecule has 2 aliphatic heterocycles. The lowest BCUT2D eigenvalue weighted by molar-refractivity contribution is -0.144. The Balaban J connectivity index is 2.05. The van der Waals surface area contributed by atoms with E-state index in [4.69, 9.17) is 0 Å². The highest BCUT2D eigenvalue weighted by atomic mass is 19.4. The van der Waals surface area contributed by atoms with Crippen LogP contribution < -0.4 is 5.32 Å². The van der Waals surface area contributed by atoms with Gasteiger partial charge in [-0.1, -0.05) is 0 Å². The summed E-state index contributed by atoms with van der Waals surface area (Å²) >= 11 is 0. The van der Waals surface area contributed by atoms with Crippen molar-refractivity contribution in [3.8, 4) is 0 Å². The predicted molar refractivity (Wildman–Crippen MR) is 111 cm³/mol. The van der Waals surface area contributed by atoms with E-state index in [1.165, 1.54) is 4.90 Å². The van der Waals surface area contributed by atoms with Crippen molar-refractivity contribution in [1.29, 1.82) is 0 Å². The average molecular weight is 579 g/mol. The number of halogens is 12. The van der Waals surface area contributed by atoms with Crippen LogP contribution in [0.15, 0.2) is 41.4 Å². The van der Waals surface area contributed by atoms with Crippen molar-refractivity contribution in [3.63, 3.8) is 0 Å². The Morgan fingerprint density at radius 3 is 1.33 bits per heavy atom. The number of aliphatic hydroxyl groups is 1. The van der Waals surface area contributed by atoms with E-state index < -0.39 is 76.3 Å². The van der Waals surface area contributed by atoms with Crippen LogP contribution in [0.25, 0.3) is 0 Å². The number of benzene rings is 2. The molecular formula is C23H17F12N3O. The molecule has 2 N–H and O–H groups in total. The Kier molecular flexibility index (Phi) is 6.80. The number of hydrogen-bond acceptors (Lipinski definition) is 4. The van der Waals surface area contributed by atoms with Crippen LogP contribution in [0.3, 0.4) is 0 Å². The summed E-state index contributed by atoms with van der Waals surface area (Å²) in [6, 6.07) is -1.94. The Labute approximate surface area is 211 Å². The first-order chi connectivity index (χ1) is 17.7. The normalized spacial score (nSPS) is 19.1. The van der Waals surface area contributed by atoms with Crippen LogP contribution in [0.2, 0.25) is 0 Å². The SMILES string of the molecule is OC(c1cc(C(F)(F)F)cc(C(F)(F)F)c1)(c1cc(C(F)(F)F)cc(C(F)(F)F)c1)C1CN2CCCN=C2N1. The minimum Gasteiger partial charge on any atom is -0.378 e. The van der Waals surface area contributed by atoms with Gasteiger partial charge in [0.05, 0.1) is 28.3 Å². The lowest BCUT2D eigenvalue weighted by atomic mass is 9.78. The van der Waals surface area contributed by atoms with Crippen LogP contribution in [-0.4, -0.2) is 41.6 Å². The lowest BCUT2D eigenvalue weighted by Crippen LogP contribution is -2.49. The second-order valence-electron chi connectivity index (χ2n) is 9.06. The standard InChI is InChI=1S/C23H17F12N3O/c24-20(25,26)13-4-11(5-14(8-13)21(27,28)29)19(39,17-10-38-3-1-2-36-18(38)37-17)12-6-15(22(30,31)32)9-16(7-12)23(33,34)35/h4-9,17,39H,1-3,10H2,(H,36,37). The smallest absolute Gasteiger partial charge is 0.378 e. The summed E-state index contributed by atoms with van der Waals surface area (Å²) in [7, 11) is 0. The first-order valence-electron chi connectivity index (χ1n) is 11.1. The molecule has 0 bridgehead atoms. The zero-order chi connectivity index (χ0) is 29.2. The van der Waals surface area contributed by atoms with Gasteiger partial charge in [0.25, 0.3) is 0 Å². The van der Waals surface area contributed by atoms with Gasteiger partial charge in [0, 0.05) is 19.6 Å². The fourth-order valence-corrected chi connectivity index (χ4v) is 4.54. The minimum absolute atomic E-state index is 0.0377. The van der Waals surface area contributed by atoms with Crippen LogP contribution in [0, 0.1) is 0 Å². The molecule has 1 saturated heterocycles. The molecule has 4 rings (SSSR count). The highest BCUT2D eigenvalue weighted by molar-refractivity contribution is 5.83. The van der Waals surface area contributed by atoms with Crippen molar-refractivity contribution in [1.82, 2.24) is 10.2 Å². The van der Waals surface area contributed by atoms with E-state index in [1.54, 1.807) is 0 Å². The molecule has 2 aliphatic rings. The molecule has 0 spiro atoms. The van der Waals surface area contributed by atoms with E-state index in [2.05, 4.69) is 10.3 Å². The van der Waals surface area contributed by atoms with E-state index in [0.717, 1.165) is 0 Å². The van der Waals surface area contributed by atoms with Crippen molar-refractivity contribution in [2.45, 2.75) is 42.8 Å². The maximum absolute atomic E-state index is 13.6. The van der Waals surface area contributed by atoms with Gasteiger partial charge >= 0.3 is 24.7 Å². The molecule has 1 fully saturated rings. The van der Waals surface area contributed by atoms with Crippen LogP contribution >= 0.6 is 0 Å². The topological polar surface area (TPSA) is 47.9 Å². The zero-order valence-corrected chi connectivity index (χ0v) is 19.2. The largest absolute Gasteiger partial charge is 0.416 e. The van der Waals surface area contributed by atoms with Crippen molar-refractivity contribution in [3.05, 3.63) is 69.8 Å². The molecule has 16 heteroatoms. The molecule has 2 heterocycles. The van der Waals surface area contributed by atoms with Crippen molar-refractivity contribution in [2.24, 2.45) is 4.99 Å². The van der Waals surface area contributed by atoms with Crippen LogP contribution in [0.5, 0.6) is 0 Å². The molecule has 1 atom stereocenters. The molecule has 2 aromatic carbocycles. The highest BCUT2D eigenvalue weighted by Crippen LogP contribution is 2.45. The van der Waals surface area contributed by atoms with Crippen LogP contribution in [0.4, 0.5) is 52.7 Å². The summed E-state index contributed by atoms with van der Waals surface area (Å²) in [6.07, 6.45) is -21.2. The molecule has 2 aromatic rings. The molecule has 0 amide bonds. The van der Waals surface area contributed by atoms with Gasteiger partial charge in [-0.25, -0.2) is 0 Å². The number of alkyl halides is 12. The molecule has 0 aliphatic carbocycles. The van der Waals surface area contributed by atoms with E-state index in [0.29, 0.717) is 6.42 Å². The van der Waals surface area contributed by atoms with Crippen molar-refractivity contribution >= 4 is 5.96 Å². The van der Waals surface area contributed by atoms with E-state index >= 15 is 0 Å². The summed E-state index contributed by atoms with van der Waals surface area (Å²) in [6.45, 7) is 0.100. The van der Waals surface area contributed by atoms with Gasteiger partial charge in [-0.2, -0.15) is 52.7 Å². The maximum Gasteiger partial charge on any atom is 0.416 e. The quantitative estimate of drug-likeness (QED) is 0.437. The molecule has 0 aromatic heterocycles. The molecule has 0 radical (unpaired) electrons. The zero-order valence-electron chi connectivity index (χ0n) is 19.2. The molecule has 0 saturated carbocycles. The van der Waals surface area contributed by atoms with Crippen LogP contribution in [-0.2, 0) is 30.3 Å². The molecule has 4 nitrogen and oxygen atoms in total. The third-order valence-electron chi connectivity index (χ3n) is 6.41.